The van der Waals surface area contributed by atoms with Gasteiger partial charge in [-0.2, -0.15) is 5.26 Å². The highest BCUT2D eigenvalue weighted by atomic mass is 28.4. The molecule has 0 spiro atoms. The zero-order valence-electron chi connectivity index (χ0n) is 12.4. The third-order valence-corrected chi connectivity index (χ3v) is 4.39. The van der Waals surface area contributed by atoms with E-state index in [1.54, 1.807) is 19.2 Å². The van der Waals surface area contributed by atoms with Gasteiger partial charge in [0.25, 0.3) is 0 Å². The molecule has 5 heteroatoms. The fourth-order valence-corrected chi connectivity index (χ4v) is 3.92. The van der Waals surface area contributed by atoms with Crippen molar-refractivity contribution < 1.29 is 13.6 Å². The van der Waals surface area contributed by atoms with Crippen LogP contribution in [0.1, 0.15) is 17.5 Å². The normalized spacial score (nSPS) is 25.7. The number of halogens is 1. The predicted molar refractivity (Wildman–Crippen MR) is 77.9 cm³/mol. The molecule has 1 aromatic rings. The minimum Gasteiger partial charge on any atom is -0.497 e. The van der Waals surface area contributed by atoms with Crippen molar-refractivity contribution in [2.75, 3.05) is 7.11 Å². The minimum absolute atomic E-state index is 0.304. The van der Waals surface area contributed by atoms with Crippen molar-refractivity contribution in [3.8, 4) is 11.8 Å². The Kier molecular flexibility index (Phi) is 3.90. The number of nitriles is 1. The van der Waals surface area contributed by atoms with Crippen LogP contribution in [-0.4, -0.2) is 21.6 Å². The molecule has 1 aliphatic carbocycles. The van der Waals surface area contributed by atoms with Crippen LogP contribution >= 0.6 is 0 Å². The molecule has 0 aromatic heterocycles. The first kappa shape index (κ1) is 15.0. The minimum atomic E-state index is -2.06. The summed E-state index contributed by atoms with van der Waals surface area (Å²) in [5.41, 5.74) is 0.129. The number of aryl methyl sites for hydroxylation is 1. The van der Waals surface area contributed by atoms with Crippen molar-refractivity contribution in [1.82, 2.24) is 0 Å². The van der Waals surface area contributed by atoms with Crippen LogP contribution in [0.4, 0.5) is 4.39 Å². The maximum atomic E-state index is 14.5. The second-order valence-electron chi connectivity index (χ2n) is 6.09. The van der Waals surface area contributed by atoms with Crippen molar-refractivity contribution in [3.63, 3.8) is 0 Å². The summed E-state index contributed by atoms with van der Waals surface area (Å²) < 4.78 is 25.7. The van der Waals surface area contributed by atoms with E-state index in [1.165, 1.54) is 0 Å². The van der Waals surface area contributed by atoms with Crippen LogP contribution in [0.25, 0.3) is 0 Å². The van der Waals surface area contributed by atoms with E-state index >= 15 is 0 Å². The molecule has 1 aromatic carbocycles. The van der Waals surface area contributed by atoms with E-state index in [0.717, 1.165) is 11.3 Å². The van der Waals surface area contributed by atoms with E-state index in [1.807, 2.05) is 25.7 Å². The molecule has 0 N–H and O–H groups in total. The van der Waals surface area contributed by atoms with Gasteiger partial charge in [-0.3, -0.25) is 0 Å². The molecule has 2 atom stereocenters. The molecule has 2 rings (SSSR count). The summed E-state index contributed by atoms with van der Waals surface area (Å²) in [6.07, 6.45) is -0.384. The molecular weight excluding hydrogens is 273 g/mol. The lowest BCUT2D eigenvalue weighted by molar-refractivity contribution is 0.0146. The Morgan fingerprint density at radius 2 is 2.10 bits per heavy atom. The van der Waals surface area contributed by atoms with E-state index < -0.39 is 20.1 Å². The molecule has 0 fully saturated rings. The summed E-state index contributed by atoms with van der Waals surface area (Å²) in [5.74, 6) is 0.723. The Morgan fingerprint density at radius 3 is 2.65 bits per heavy atom. The van der Waals surface area contributed by atoms with Gasteiger partial charge in [0.1, 0.15) is 18.0 Å². The summed E-state index contributed by atoms with van der Waals surface area (Å²) in [6.45, 7) is 5.91. The molecule has 0 radical (unpaired) electrons. The SMILES string of the molecule is COc1ccc2c(c1)CC[C@H](F)[C@]2(C#N)O[Si](C)(C)C. The summed E-state index contributed by atoms with van der Waals surface area (Å²) in [7, 11) is -0.468. The van der Waals surface area contributed by atoms with Crippen LogP contribution in [0.5, 0.6) is 5.75 Å². The quantitative estimate of drug-likeness (QED) is 0.800. The number of nitrogens with zero attached hydrogens (tertiary/aromatic N) is 1. The van der Waals surface area contributed by atoms with E-state index in [9.17, 15) is 9.65 Å². The number of hydrogen-bond acceptors (Lipinski definition) is 3. The molecule has 1 aliphatic rings. The third-order valence-electron chi connectivity index (χ3n) is 3.45. The van der Waals surface area contributed by atoms with Gasteiger partial charge >= 0.3 is 0 Å². The number of hydrogen-bond donors (Lipinski definition) is 0. The lowest BCUT2D eigenvalue weighted by Gasteiger charge is -2.40. The molecule has 0 bridgehead atoms. The molecule has 0 amide bonds. The summed E-state index contributed by atoms with van der Waals surface area (Å²) in [4.78, 5) is 0. The fourth-order valence-electron chi connectivity index (χ4n) is 2.68. The van der Waals surface area contributed by atoms with Gasteiger partial charge in [-0.25, -0.2) is 4.39 Å². The van der Waals surface area contributed by atoms with Crippen LogP contribution in [0.15, 0.2) is 18.2 Å². The van der Waals surface area contributed by atoms with Gasteiger partial charge in [0.05, 0.1) is 7.11 Å². The molecule has 0 saturated heterocycles. The number of ether oxygens (including phenoxy) is 1. The van der Waals surface area contributed by atoms with Gasteiger partial charge in [0.15, 0.2) is 8.32 Å². The van der Waals surface area contributed by atoms with Crippen molar-refractivity contribution in [3.05, 3.63) is 29.3 Å². The maximum absolute atomic E-state index is 14.5. The average molecular weight is 293 g/mol. The van der Waals surface area contributed by atoms with Crippen LogP contribution in [0.3, 0.4) is 0 Å². The largest absolute Gasteiger partial charge is 0.497 e. The standard InChI is InChI=1S/C15H20FNO2Si/c1-18-12-6-7-13-11(9-12)5-8-14(16)15(13,10-17)19-20(2,3)4/h6-7,9,14H,5,8H2,1-4H3/t14-,15+/m0/s1. The van der Waals surface area contributed by atoms with Crippen molar-refractivity contribution >= 4 is 8.32 Å². The lowest BCUT2D eigenvalue weighted by Crippen LogP contribution is -2.48. The van der Waals surface area contributed by atoms with Crippen molar-refractivity contribution in [2.45, 2.75) is 44.3 Å². The fraction of sp³-hybridized carbons (Fsp3) is 0.533. The van der Waals surface area contributed by atoms with Gasteiger partial charge in [-0.05, 0) is 50.2 Å². The molecular formula is C15H20FNO2Si. The molecule has 0 heterocycles. The first-order chi connectivity index (χ1) is 9.32. The van der Waals surface area contributed by atoms with Gasteiger partial charge in [0, 0.05) is 5.56 Å². The molecule has 0 saturated carbocycles. The summed E-state index contributed by atoms with van der Waals surface area (Å²) in [5, 5.41) is 9.62. The number of fused-ring (bicyclic) bond motifs is 1. The van der Waals surface area contributed by atoms with E-state index in [2.05, 4.69) is 6.07 Å². The first-order valence-corrected chi connectivity index (χ1v) is 10.2. The van der Waals surface area contributed by atoms with Crippen molar-refractivity contribution in [2.24, 2.45) is 0 Å². The van der Waals surface area contributed by atoms with Gasteiger partial charge in [0.2, 0.25) is 5.60 Å². The zero-order valence-corrected chi connectivity index (χ0v) is 13.4. The molecule has 108 valence electrons. The monoisotopic (exact) mass is 293 g/mol. The van der Waals surface area contributed by atoms with Gasteiger partial charge in [-0.1, -0.05) is 6.07 Å². The molecule has 0 aliphatic heterocycles. The number of benzene rings is 1. The highest BCUT2D eigenvalue weighted by Gasteiger charge is 2.49. The highest BCUT2D eigenvalue weighted by Crippen LogP contribution is 2.42. The topological polar surface area (TPSA) is 42.2 Å². The maximum Gasteiger partial charge on any atom is 0.202 e. The van der Waals surface area contributed by atoms with Crippen LogP contribution in [0.2, 0.25) is 19.6 Å². The summed E-state index contributed by atoms with van der Waals surface area (Å²) in [6, 6.07) is 7.52. The molecule has 20 heavy (non-hydrogen) atoms. The van der Waals surface area contributed by atoms with E-state index in [-0.39, 0.29) is 0 Å². The number of alkyl halides is 1. The first-order valence-electron chi connectivity index (χ1n) is 6.75. The Balaban J connectivity index is 2.56. The third kappa shape index (κ3) is 2.58. The number of methoxy groups -OCH3 is 1. The molecule has 3 nitrogen and oxygen atoms in total. The smallest absolute Gasteiger partial charge is 0.202 e. The van der Waals surface area contributed by atoms with Gasteiger partial charge in [-0.15, -0.1) is 0 Å². The van der Waals surface area contributed by atoms with Gasteiger partial charge < -0.3 is 9.16 Å². The Bertz CT molecular complexity index is 550. The Morgan fingerprint density at radius 1 is 1.40 bits per heavy atom. The predicted octanol–water partition coefficient (Wildman–Crippen LogP) is 3.55. The zero-order chi connectivity index (χ0) is 15.0. The van der Waals surface area contributed by atoms with Crippen LogP contribution < -0.4 is 4.74 Å². The average Bonchev–Trinajstić information content (AvgIpc) is 2.40. The highest BCUT2D eigenvalue weighted by molar-refractivity contribution is 6.69. The van der Waals surface area contributed by atoms with Crippen LogP contribution in [-0.2, 0) is 16.4 Å². The Hall–Kier alpha value is -1.38. The summed E-state index contributed by atoms with van der Waals surface area (Å²) >= 11 is 0. The second kappa shape index (κ2) is 5.19. The molecule has 0 unspecified atom stereocenters. The van der Waals surface area contributed by atoms with Crippen LogP contribution in [0, 0.1) is 11.3 Å². The van der Waals surface area contributed by atoms with Crippen molar-refractivity contribution in [1.29, 1.82) is 5.26 Å². The van der Waals surface area contributed by atoms with E-state index in [4.69, 9.17) is 9.16 Å². The van der Waals surface area contributed by atoms with E-state index in [0.29, 0.717) is 18.4 Å². The Labute approximate surface area is 120 Å². The second-order valence-corrected chi connectivity index (χ2v) is 10.5. The number of rotatable bonds is 3. The lowest BCUT2D eigenvalue weighted by atomic mass is 9.78.